The number of hydrogen-bond donors (Lipinski definition) is 1. The second-order valence-corrected chi connectivity index (χ2v) is 5.63. The first-order valence-electron chi connectivity index (χ1n) is 8.20. The summed E-state index contributed by atoms with van der Waals surface area (Å²) in [6, 6.07) is 12.0. The highest BCUT2D eigenvalue weighted by atomic mass is 19.1. The van der Waals surface area contributed by atoms with Gasteiger partial charge in [-0.3, -0.25) is 4.79 Å². The van der Waals surface area contributed by atoms with Gasteiger partial charge in [0.05, 0.1) is 14.2 Å². The Kier molecular flexibility index (Phi) is 5.78. The van der Waals surface area contributed by atoms with Crippen LogP contribution in [0.2, 0.25) is 0 Å². The van der Waals surface area contributed by atoms with E-state index in [2.05, 4.69) is 10.1 Å². The van der Waals surface area contributed by atoms with Gasteiger partial charge in [-0.25, -0.2) is 8.78 Å². The molecule has 0 aliphatic carbocycles. The molecule has 146 valence electrons. The molecule has 1 aromatic heterocycles. The van der Waals surface area contributed by atoms with E-state index >= 15 is 0 Å². The smallest absolute Gasteiger partial charge is 0.291 e. The Morgan fingerprint density at radius 3 is 2.32 bits per heavy atom. The topological polar surface area (TPSA) is 69.9 Å². The number of carbonyl (C=O) groups excluding carboxylic acids is 1. The molecule has 8 heteroatoms. The molecule has 3 rings (SSSR count). The van der Waals surface area contributed by atoms with Gasteiger partial charge < -0.3 is 23.9 Å². The van der Waals surface area contributed by atoms with E-state index in [9.17, 15) is 13.6 Å². The van der Waals surface area contributed by atoms with Crippen molar-refractivity contribution in [3.63, 3.8) is 0 Å². The van der Waals surface area contributed by atoms with E-state index in [1.54, 1.807) is 24.3 Å². The zero-order valence-electron chi connectivity index (χ0n) is 15.1. The number of methoxy groups -OCH3 is 2. The summed E-state index contributed by atoms with van der Waals surface area (Å²) in [4.78, 5) is 12.2. The monoisotopic (exact) mass is 389 g/mol. The maximum absolute atomic E-state index is 13.7. The van der Waals surface area contributed by atoms with Crippen LogP contribution in [0.25, 0.3) is 0 Å². The molecule has 1 amide bonds. The number of ether oxygens (including phenoxy) is 3. The lowest BCUT2D eigenvalue weighted by atomic mass is 10.2. The van der Waals surface area contributed by atoms with Gasteiger partial charge in [0, 0.05) is 17.8 Å². The van der Waals surface area contributed by atoms with E-state index in [1.165, 1.54) is 13.2 Å². The van der Waals surface area contributed by atoms with Crippen molar-refractivity contribution in [2.24, 2.45) is 0 Å². The van der Waals surface area contributed by atoms with Crippen molar-refractivity contribution in [3.8, 4) is 17.2 Å². The van der Waals surface area contributed by atoms with E-state index in [4.69, 9.17) is 13.9 Å². The van der Waals surface area contributed by atoms with Gasteiger partial charge in [0.15, 0.2) is 34.6 Å². The average molecular weight is 389 g/mol. The van der Waals surface area contributed by atoms with Crippen LogP contribution in [0.5, 0.6) is 17.2 Å². The zero-order valence-corrected chi connectivity index (χ0v) is 15.1. The number of nitrogens with one attached hydrogen (secondary N) is 1. The second kappa shape index (κ2) is 8.43. The van der Waals surface area contributed by atoms with Crippen molar-refractivity contribution >= 4 is 11.6 Å². The molecule has 1 N–H and O–H groups in total. The number of amides is 1. The number of hydrogen-bond acceptors (Lipinski definition) is 5. The summed E-state index contributed by atoms with van der Waals surface area (Å²) in [7, 11) is 2.68. The fourth-order valence-electron chi connectivity index (χ4n) is 2.48. The third kappa shape index (κ3) is 4.22. The van der Waals surface area contributed by atoms with Crippen molar-refractivity contribution in [1.29, 1.82) is 0 Å². The molecule has 1 heterocycles. The minimum atomic E-state index is -0.928. The SMILES string of the molecule is COc1ccccc1OCc1ccc(C(=O)Nc2cc(F)c(OC)c(F)c2)o1. The molecule has 0 radical (unpaired) electrons. The van der Waals surface area contributed by atoms with Crippen LogP contribution < -0.4 is 19.5 Å². The van der Waals surface area contributed by atoms with Crippen molar-refractivity contribution in [3.05, 3.63) is 71.7 Å². The molecule has 0 aliphatic heterocycles. The molecule has 28 heavy (non-hydrogen) atoms. The summed E-state index contributed by atoms with van der Waals surface area (Å²) < 4.78 is 48.3. The molecule has 0 bridgehead atoms. The maximum Gasteiger partial charge on any atom is 0.291 e. The van der Waals surface area contributed by atoms with E-state index in [1.807, 2.05) is 6.07 Å². The number of furan rings is 1. The molecule has 0 saturated carbocycles. The first kappa shape index (κ1) is 19.2. The van der Waals surface area contributed by atoms with Crippen LogP contribution in [0, 0.1) is 11.6 Å². The van der Waals surface area contributed by atoms with E-state index in [0.717, 1.165) is 19.2 Å². The van der Waals surface area contributed by atoms with Crippen molar-refractivity contribution < 1.29 is 32.2 Å². The van der Waals surface area contributed by atoms with E-state index in [0.29, 0.717) is 17.3 Å². The average Bonchev–Trinajstić information content (AvgIpc) is 3.15. The summed E-state index contributed by atoms with van der Waals surface area (Å²) in [5, 5.41) is 2.37. The molecule has 0 saturated heterocycles. The number of carbonyl (C=O) groups is 1. The van der Waals surface area contributed by atoms with Gasteiger partial charge >= 0.3 is 0 Å². The Hall–Kier alpha value is -3.55. The minimum absolute atomic E-state index is 0.0322. The van der Waals surface area contributed by atoms with Crippen molar-refractivity contribution in [2.45, 2.75) is 6.61 Å². The van der Waals surface area contributed by atoms with Gasteiger partial charge in [0.1, 0.15) is 12.4 Å². The summed E-state index contributed by atoms with van der Waals surface area (Å²) >= 11 is 0. The fourth-order valence-corrected chi connectivity index (χ4v) is 2.48. The Labute approximate surface area is 159 Å². The molecule has 2 aromatic carbocycles. The third-order valence-electron chi connectivity index (χ3n) is 3.78. The second-order valence-electron chi connectivity index (χ2n) is 5.63. The van der Waals surface area contributed by atoms with Crippen LogP contribution in [0.3, 0.4) is 0 Å². The molecular weight excluding hydrogens is 372 g/mol. The van der Waals surface area contributed by atoms with Crippen LogP contribution in [-0.4, -0.2) is 20.1 Å². The predicted molar refractivity (Wildman–Crippen MR) is 96.9 cm³/mol. The summed E-state index contributed by atoms with van der Waals surface area (Å²) in [6.45, 7) is 0.0689. The normalized spacial score (nSPS) is 10.4. The summed E-state index contributed by atoms with van der Waals surface area (Å²) in [5.74, 6) is -1.59. The Balaban J connectivity index is 1.66. The van der Waals surface area contributed by atoms with Gasteiger partial charge in [-0.2, -0.15) is 0 Å². The van der Waals surface area contributed by atoms with Crippen LogP contribution in [0.4, 0.5) is 14.5 Å². The van der Waals surface area contributed by atoms with Gasteiger partial charge in [-0.1, -0.05) is 12.1 Å². The van der Waals surface area contributed by atoms with Crippen LogP contribution in [0.15, 0.2) is 52.9 Å². The van der Waals surface area contributed by atoms with Gasteiger partial charge in [-0.15, -0.1) is 0 Å². The maximum atomic E-state index is 13.7. The molecule has 6 nitrogen and oxygen atoms in total. The summed E-state index contributed by atoms with van der Waals surface area (Å²) in [5.41, 5.74) is -0.0657. The quantitative estimate of drug-likeness (QED) is 0.648. The molecule has 0 unspecified atom stereocenters. The molecule has 3 aromatic rings. The first-order chi connectivity index (χ1) is 13.5. The lowest BCUT2D eigenvalue weighted by molar-refractivity contribution is 0.0992. The summed E-state index contributed by atoms with van der Waals surface area (Å²) in [6.07, 6.45) is 0. The van der Waals surface area contributed by atoms with Crippen LogP contribution in [-0.2, 0) is 6.61 Å². The van der Waals surface area contributed by atoms with Crippen molar-refractivity contribution in [2.75, 3.05) is 19.5 Å². The number of para-hydroxylation sites is 2. The lowest BCUT2D eigenvalue weighted by Gasteiger charge is -2.09. The number of rotatable bonds is 7. The standard InChI is InChI=1S/C20H17F2NO5/c1-25-16-5-3-4-6-17(16)27-11-13-7-8-18(28-13)20(24)23-12-9-14(21)19(26-2)15(22)10-12/h3-10H,11H2,1-2H3,(H,23,24). The van der Waals surface area contributed by atoms with Crippen LogP contribution in [0.1, 0.15) is 16.3 Å². The lowest BCUT2D eigenvalue weighted by Crippen LogP contribution is -2.11. The highest BCUT2D eigenvalue weighted by molar-refractivity contribution is 6.02. The number of anilines is 1. The Bertz CT molecular complexity index is 963. The largest absolute Gasteiger partial charge is 0.493 e. The number of halogens is 2. The van der Waals surface area contributed by atoms with Gasteiger partial charge in [-0.05, 0) is 24.3 Å². The highest BCUT2D eigenvalue weighted by Crippen LogP contribution is 2.27. The Morgan fingerprint density at radius 2 is 1.68 bits per heavy atom. The van der Waals surface area contributed by atoms with E-state index in [-0.39, 0.29) is 18.1 Å². The van der Waals surface area contributed by atoms with Crippen LogP contribution >= 0.6 is 0 Å². The molecule has 0 atom stereocenters. The van der Waals surface area contributed by atoms with Gasteiger partial charge in [0.25, 0.3) is 5.91 Å². The first-order valence-corrected chi connectivity index (χ1v) is 8.20. The fraction of sp³-hybridized carbons (Fsp3) is 0.150. The zero-order chi connectivity index (χ0) is 20.1. The van der Waals surface area contributed by atoms with Gasteiger partial charge in [0.2, 0.25) is 0 Å². The Morgan fingerprint density at radius 1 is 1.00 bits per heavy atom. The van der Waals surface area contributed by atoms with E-state index < -0.39 is 23.3 Å². The highest BCUT2D eigenvalue weighted by Gasteiger charge is 2.16. The molecule has 0 fully saturated rings. The number of benzene rings is 2. The predicted octanol–water partition coefficient (Wildman–Crippen LogP) is 4.41. The molecular formula is C20H17F2NO5. The molecule has 0 spiro atoms. The molecule has 0 aliphatic rings. The third-order valence-corrected chi connectivity index (χ3v) is 3.78. The minimum Gasteiger partial charge on any atom is -0.493 e. The van der Waals surface area contributed by atoms with Crippen molar-refractivity contribution in [1.82, 2.24) is 0 Å².